The summed E-state index contributed by atoms with van der Waals surface area (Å²) in [6.45, 7) is 0. The quantitative estimate of drug-likeness (QED) is 0.158. The number of fused-ring (bicyclic) bond motifs is 6. The van der Waals surface area contributed by atoms with E-state index in [1.807, 2.05) is 11.3 Å². The first-order valence-electron chi connectivity index (χ1n) is 19.4. The third-order valence-corrected chi connectivity index (χ3v) is 12.4. The van der Waals surface area contributed by atoms with Crippen molar-refractivity contribution in [3.8, 4) is 39.1 Å². The Kier molecular flexibility index (Phi) is 8.04. The molecule has 2 heterocycles. The summed E-state index contributed by atoms with van der Waals surface area (Å²) in [4.78, 5) is 2.36. The Morgan fingerprint density at radius 2 is 0.772 bits per heavy atom. The number of hydrogen-bond acceptors (Lipinski definition) is 2. The van der Waals surface area contributed by atoms with Gasteiger partial charge in [0.05, 0.1) is 16.7 Å². The average Bonchev–Trinajstić information content (AvgIpc) is 3.84. The lowest BCUT2D eigenvalue weighted by Crippen LogP contribution is -2.09. The Labute approximate surface area is 335 Å². The lowest BCUT2D eigenvalue weighted by Gasteiger charge is -2.26. The minimum atomic E-state index is 1.10. The van der Waals surface area contributed by atoms with Crippen LogP contribution in [-0.2, 0) is 0 Å². The third kappa shape index (κ3) is 5.71. The van der Waals surface area contributed by atoms with Gasteiger partial charge in [-0.05, 0) is 94.5 Å². The van der Waals surface area contributed by atoms with Crippen LogP contribution < -0.4 is 4.90 Å². The van der Waals surface area contributed by atoms with Gasteiger partial charge in [0.25, 0.3) is 0 Å². The number of benzene rings is 9. The third-order valence-electron chi connectivity index (χ3n) is 11.2. The molecule has 0 saturated heterocycles. The molecule has 0 aliphatic carbocycles. The molecule has 3 heteroatoms. The molecule has 2 aromatic heterocycles. The molecule has 57 heavy (non-hydrogen) atoms. The molecule has 2 nitrogen and oxygen atoms in total. The van der Waals surface area contributed by atoms with Crippen LogP contribution in [0.15, 0.2) is 218 Å². The number of hydrogen-bond donors (Lipinski definition) is 0. The zero-order chi connectivity index (χ0) is 37.7. The van der Waals surface area contributed by atoms with Crippen LogP contribution in [0.5, 0.6) is 0 Å². The second-order valence-electron chi connectivity index (χ2n) is 14.5. The van der Waals surface area contributed by atoms with Crippen LogP contribution in [0.4, 0.5) is 17.1 Å². The highest BCUT2D eigenvalue weighted by Crippen LogP contribution is 2.43. The van der Waals surface area contributed by atoms with E-state index in [1.165, 1.54) is 81.0 Å². The highest BCUT2D eigenvalue weighted by molar-refractivity contribution is 7.25. The minimum Gasteiger partial charge on any atom is -0.311 e. The Morgan fingerprint density at radius 3 is 1.42 bits per heavy atom. The number of nitrogens with zero attached hydrogens (tertiary/aromatic N) is 2. The van der Waals surface area contributed by atoms with Crippen molar-refractivity contribution in [3.63, 3.8) is 0 Å². The van der Waals surface area contributed by atoms with Gasteiger partial charge in [-0.1, -0.05) is 152 Å². The molecule has 0 atom stereocenters. The van der Waals surface area contributed by atoms with Crippen molar-refractivity contribution < 1.29 is 0 Å². The molecule has 0 unspecified atom stereocenters. The van der Waals surface area contributed by atoms with Gasteiger partial charge in [0.2, 0.25) is 0 Å². The Balaban J connectivity index is 1.01. The first-order chi connectivity index (χ1) is 28.3. The molecule has 268 valence electrons. The molecule has 0 N–H and O–H groups in total. The number of thiophene rings is 1. The van der Waals surface area contributed by atoms with Crippen LogP contribution in [-0.4, -0.2) is 4.57 Å². The first-order valence-corrected chi connectivity index (χ1v) is 20.2. The highest BCUT2D eigenvalue weighted by atomic mass is 32.1. The van der Waals surface area contributed by atoms with Crippen LogP contribution in [0.25, 0.3) is 81.0 Å². The van der Waals surface area contributed by atoms with Crippen LogP contribution in [0, 0.1) is 0 Å². The van der Waals surface area contributed by atoms with Crippen molar-refractivity contribution in [1.29, 1.82) is 0 Å². The molecule has 0 saturated carbocycles. The van der Waals surface area contributed by atoms with Gasteiger partial charge < -0.3 is 9.47 Å². The summed E-state index contributed by atoms with van der Waals surface area (Å²) in [6.07, 6.45) is 0. The average molecular weight is 745 g/mol. The Hall–Kier alpha value is -7.20. The van der Waals surface area contributed by atoms with E-state index < -0.39 is 0 Å². The number of rotatable bonds is 7. The van der Waals surface area contributed by atoms with Crippen molar-refractivity contribution in [2.45, 2.75) is 0 Å². The molecule has 0 fully saturated rings. The summed E-state index contributed by atoms with van der Waals surface area (Å²) in [7, 11) is 0. The van der Waals surface area contributed by atoms with Gasteiger partial charge >= 0.3 is 0 Å². The molecule has 0 aliphatic rings. The Bertz CT molecular complexity index is 3160. The first kappa shape index (κ1) is 33.2. The zero-order valence-electron chi connectivity index (χ0n) is 31.1. The number of para-hydroxylation sites is 3. The Morgan fingerprint density at radius 1 is 0.316 bits per heavy atom. The molecular formula is C54H36N2S. The topological polar surface area (TPSA) is 8.17 Å². The van der Waals surface area contributed by atoms with E-state index in [2.05, 4.69) is 228 Å². The minimum absolute atomic E-state index is 1.10. The van der Waals surface area contributed by atoms with E-state index in [1.54, 1.807) is 0 Å². The normalized spacial score (nSPS) is 11.5. The van der Waals surface area contributed by atoms with Gasteiger partial charge in [-0.25, -0.2) is 0 Å². The summed E-state index contributed by atoms with van der Waals surface area (Å²) in [5.74, 6) is 0. The molecule has 0 amide bonds. The molecular weight excluding hydrogens is 709 g/mol. The van der Waals surface area contributed by atoms with Crippen LogP contribution in [0.1, 0.15) is 0 Å². The maximum Gasteiger partial charge on any atom is 0.0541 e. The van der Waals surface area contributed by atoms with Crippen molar-refractivity contribution >= 4 is 70.4 Å². The van der Waals surface area contributed by atoms with E-state index >= 15 is 0 Å². The van der Waals surface area contributed by atoms with Gasteiger partial charge in [0, 0.05) is 53.6 Å². The molecule has 0 radical (unpaired) electrons. The summed E-state index contributed by atoms with van der Waals surface area (Å²) in [6, 6.07) is 79.3. The van der Waals surface area contributed by atoms with Crippen LogP contribution in [0.2, 0.25) is 0 Å². The number of aromatic nitrogens is 1. The monoisotopic (exact) mass is 744 g/mol. The predicted molar refractivity (Wildman–Crippen MR) is 245 cm³/mol. The van der Waals surface area contributed by atoms with E-state index in [0.717, 1.165) is 17.1 Å². The summed E-state index contributed by atoms with van der Waals surface area (Å²) in [5, 5.41) is 5.17. The molecule has 9 aromatic carbocycles. The SMILES string of the molecule is c1ccc(-c2ccc(N(c3ccc(-c4ccccc4-n4c5ccccc5c5ccccc54)cc3)c3ccc(-c4cccc5sc6ccccc6c45)cc3)cc2)cc1. The van der Waals surface area contributed by atoms with Gasteiger partial charge in [-0.3, -0.25) is 0 Å². The fraction of sp³-hybridized carbons (Fsp3) is 0. The van der Waals surface area contributed by atoms with E-state index in [-0.39, 0.29) is 0 Å². The summed E-state index contributed by atoms with van der Waals surface area (Å²) < 4.78 is 5.05. The van der Waals surface area contributed by atoms with Crippen molar-refractivity contribution in [2.24, 2.45) is 0 Å². The maximum absolute atomic E-state index is 2.41. The molecule has 0 aliphatic heterocycles. The predicted octanol–water partition coefficient (Wildman–Crippen LogP) is 15.6. The van der Waals surface area contributed by atoms with Crippen LogP contribution >= 0.6 is 11.3 Å². The fourth-order valence-corrected chi connectivity index (χ4v) is 9.70. The van der Waals surface area contributed by atoms with Gasteiger partial charge in [-0.15, -0.1) is 11.3 Å². The van der Waals surface area contributed by atoms with Gasteiger partial charge in [-0.2, -0.15) is 0 Å². The van der Waals surface area contributed by atoms with Crippen molar-refractivity contribution in [1.82, 2.24) is 4.57 Å². The second-order valence-corrected chi connectivity index (χ2v) is 15.6. The largest absolute Gasteiger partial charge is 0.311 e. The van der Waals surface area contributed by atoms with Gasteiger partial charge in [0.1, 0.15) is 0 Å². The lowest BCUT2D eigenvalue weighted by atomic mass is 9.99. The van der Waals surface area contributed by atoms with Gasteiger partial charge in [0.15, 0.2) is 0 Å². The standard InChI is InChI=1S/C54H36N2S/c1-2-13-37(14-3-1)38-25-31-41(32-26-38)55(43-35-29-40(30-36-43)45-19-12-24-53-54(45)48-18-7-11-23-52(48)57-53)42-33-27-39(28-34-42)44-15-4-8-20-49(44)56-50-21-9-5-16-46(50)47-17-6-10-22-51(47)56/h1-36H. The smallest absolute Gasteiger partial charge is 0.0541 e. The maximum atomic E-state index is 2.41. The van der Waals surface area contributed by atoms with E-state index in [4.69, 9.17) is 0 Å². The van der Waals surface area contributed by atoms with E-state index in [0.29, 0.717) is 0 Å². The molecule has 0 spiro atoms. The summed E-state index contributed by atoms with van der Waals surface area (Å²) >= 11 is 1.86. The zero-order valence-corrected chi connectivity index (χ0v) is 31.9. The fourth-order valence-electron chi connectivity index (χ4n) is 8.57. The summed E-state index contributed by atoms with van der Waals surface area (Å²) in [5.41, 5.74) is 14.1. The second kappa shape index (κ2) is 13.8. The molecule has 11 aromatic rings. The molecule has 0 bridgehead atoms. The number of anilines is 3. The van der Waals surface area contributed by atoms with Crippen molar-refractivity contribution in [2.75, 3.05) is 4.90 Å². The lowest BCUT2D eigenvalue weighted by molar-refractivity contribution is 1.18. The van der Waals surface area contributed by atoms with E-state index in [9.17, 15) is 0 Å². The molecule has 11 rings (SSSR count). The van der Waals surface area contributed by atoms with Crippen molar-refractivity contribution in [3.05, 3.63) is 218 Å². The highest BCUT2D eigenvalue weighted by Gasteiger charge is 2.18. The van der Waals surface area contributed by atoms with Crippen LogP contribution in [0.3, 0.4) is 0 Å².